The minimum absolute atomic E-state index is 0.701. The lowest BCUT2D eigenvalue weighted by Crippen LogP contribution is -2.04. The fraction of sp³-hybridized carbons (Fsp3) is 0.500. The van der Waals surface area contributed by atoms with Crippen LogP contribution >= 0.6 is 11.8 Å². The number of ether oxygens (including phenoxy) is 1. The summed E-state index contributed by atoms with van der Waals surface area (Å²) in [6, 6.07) is 6.28. The number of fused-ring (bicyclic) bond motifs is 3. The predicted molar refractivity (Wildman–Crippen MR) is 90.3 cm³/mol. The zero-order valence-electron chi connectivity index (χ0n) is 13.1. The van der Waals surface area contributed by atoms with Crippen LogP contribution in [0.3, 0.4) is 0 Å². The van der Waals surface area contributed by atoms with E-state index < -0.39 is 0 Å². The highest BCUT2D eigenvalue weighted by Crippen LogP contribution is 2.43. The number of nitrogens with zero attached hydrogens (tertiary/aromatic N) is 1. The van der Waals surface area contributed by atoms with E-state index in [-0.39, 0.29) is 0 Å². The molecule has 1 unspecified atom stereocenters. The molecule has 1 aliphatic heterocycles. The second-order valence-electron chi connectivity index (χ2n) is 6.21. The molecule has 0 N–H and O–H groups in total. The number of thioether (sulfide) groups is 1. The van der Waals surface area contributed by atoms with Crippen molar-refractivity contribution in [1.29, 1.82) is 0 Å². The monoisotopic (exact) mass is 301 g/mol. The molecule has 3 heteroatoms. The van der Waals surface area contributed by atoms with Gasteiger partial charge in [-0.2, -0.15) is 0 Å². The SMILES string of the molecule is CCCOc1ccc2ncc3c(c2c1)SC(CC(C)C)C3. The molecule has 0 saturated heterocycles. The predicted octanol–water partition coefficient (Wildman–Crippen LogP) is 5.09. The van der Waals surface area contributed by atoms with Gasteiger partial charge in [-0.25, -0.2) is 0 Å². The summed E-state index contributed by atoms with van der Waals surface area (Å²) in [5.74, 6) is 1.71. The Morgan fingerprint density at radius 2 is 2.24 bits per heavy atom. The van der Waals surface area contributed by atoms with Crippen LogP contribution in [-0.2, 0) is 6.42 Å². The molecule has 1 aromatic heterocycles. The fourth-order valence-electron chi connectivity index (χ4n) is 2.89. The first kappa shape index (κ1) is 14.7. The van der Waals surface area contributed by atoms with Gasteiger partial charge in [0.05, 0.1) is 12.1 Å². The first-order valence-corrected chi connectivity index (χ1v) is 8.76. The van der Waals surface area contributed by atoms with Gasteiger partial charge in [-0.3, -0.25) is 4.98 Å². The number of hydrogen-bond donors (Lipinski definition) is 0. The number of rotatable bonds is 5. The lowest BCUT2D eigenvalue weighted by atomic mass is 10.0. The van der Waals surface area contributed by atoms with E-state index in [1.807, 2.05) is 17.8 Å². The average Bonchev–Trinajstić information content (AvgIpc) is 2.86. The summed E-state index contributed by atoms with van der Waals surface area (Å²) in [5.41, 5.74) is 2.49. The Balaban J connectivity index is 1.92. The molecule has 0 radical (unpaired) electrons. The molecular formula is C18H23NOS. The van der Waals surface area contributed by atoms with Crippen molar-refractivity contribution < 1.29 is 4.74 Å². The van der Waals surface area contributed by atoms with E-state index in [1.165, 1.54) is 22.3 Å². The van der Waals surface area contributed by atoms with Gasteiger partial charge < -0.3 is 4.74 Å². The molecule has 21 heavy (non-hydrogen) atoms. The third kappa shape index (κ3) is 3.18. The molecule has 3 rings (SSSR count). The minimum Gasteiger partial charge on any atom is -0.494 e. The number of pyridine rings is 1. The Hall–Kier alpha value is -1.22. The van der Waals surface area contributed by atoms with Gasteiger partial charge in [-0.1, -0.05) is 20.8 Å². The molecule has 0 fully saturated rings. The molecule has 2 nitrogen and oxygen atoms in total. The van der Waals surface area contributed by atoms with Gasteiger partial charge in [-0.15, -0.1) is 11.8 Å². The van der Waals surface area contributed by atoms with E-state index in [4.69, 9.17) is 4.74 Å². The maximum absolute atomic E-state index is 5.78. The Kier molecular flexibility index (Phi) is 4.39. The van der Waals surface area contributed by atoms with Gasteiger partial charge in [0, 0.05) is 21.7 Å². The second-order valence-corrected chi connectivity index (χ2v) is 7.52. The van der Waals surface area contributed by atoms with Crippen molar-refractivity contribution in [2.45, 2.75) is 50.2 Å². The van der Waals surface area contributed by atoms with Crippen LogP contribution in [0.4, 0.5) is 0 Å². The smallest absolute Gasteiger partial charge is 0.120 e. The van der Waals surface area contributed by atoms with Gasteiger partial charge in [0.2, 0.25) is 0 Å². The summed E-state index contributed by atoms with van der Waals surface area (Å²) >= 11 is 2.03. The highest BCUT2D eigenvalue weighted by Gasteiger charge is 2.25. The topological polar surface area (TPSA) is 22.1 Å². The average molecular weight is 301 g/mol. The van der Waals surface area contributed by atoms with Crippen molar-refractivity contribution in [1.82, 2.24) is 4.98 Å². The van der Waals surface area contributed by atoms with Crippen LogP contribution in [0, 0.1) is 5.92 Å². The standard InChI is InChI=1S/C18H23NOS/c1-4-7-20-14-5-6-17-16(10-14)18-13(11-19-17)9-15(21-18)8-12(2)3/h5-6,10-12,15H,4,7-9H2,1-3H3. The second kappa shape index (κ2) is 6.27. The fourth-order valence-corrected chi connectivity index (χ4v) is 4.55. The number of hydrogen-bond acceptors (Lipinski definition) is 3. The maximum atomic E-state index is 5.78. The Bertz CT molecular complexity index is 638. The molecule has 1 aliphatic rings. The van der Waals surface area contributed by atoms with Gasteiger partial charge in [0.15, 0.2) is 0 Å². The zero-order valence-corrected chi connectivity index (χ0v) is 13.9. The van der Waals surface area contributed by atoms with Gasteiger partial charge in [0.25, 0.3) is 0 Å². The summed E-state index contributed by atoms with van der Waals surface area (Å²) in [6.45, 7) is 7.51. The summed E-state index contributed by atoms with van der Waals surface area (Å²) in [7, 11) is 0. The van der Waals surface area contributed by atoms with Crippen molar-refractivity contribution in [3.05, 3.63) is 30.0 Å². The van der Waals surface area contributed by atoms with Crippen molar-refractivity contribution in [2.75, 3.05) is 6.61 Å². The van der Waals surface area contributed by atoms with Crippen LogP contribution < -0.4 is 4.74 Å². The molecule has 0 bridgehead atoms. The Morgan fingerprint density at radius 3 is 3.00 bits per heavy atom. The van der Waals surface area contributed by atoms with Crippen molar-refractivity contribution in [2.24, 2.45) is 5.92 Å². The van der Waals surface area contributed by atoms with Crippen molar-refractivity contribution in [3.8, 4) is 5.75 Å². The van der Waals surface area contributed by atoms with Gasteiger partial charge >= 0.3 is 0 Å². The quantitative estimate of drug-likeness (QED) is 0.768. The molecule has 0 spiro atoms. The van der Waals surface area contributed by atoms with Crippen molar-refractivity contribution >= 4 is 22.7 Å². The minimum atomic E-state index is 0.701. The Labute approximate surface area is 131 Å². The van der Waals surface area contributed by atoms with Gasteiger partial charge in [0.1, 0.15) is 5.75 Å². The van der Waals surface area contributed by atoms with Crippen LogP contribution in [0.5, 0.6) is 5.75 Å². The summed E-state index contributed by atoms with van der Waals surface area (Å²) in [5, 5.41) is 1.96. The van der Waals surface area contributed by atoms with Gasteiger partial charge in [-0.05, 0) is 48.9 Å². The summed E-state index contributed by atoms with van der Waals surface area (Å²) in [6.07, 6.45) is 5.53. The third-order valence-electron chi connectivity index (χ3n) is 3.80. The maximum Gasteiger partial charge on any atom is 0.120 e. The molecule has 1 aromatic carbocycles. The third-order valence-corrected chi connectivity index (χ3v) is 5.21. The first-order valence-electron chi connectivity index (χ1n) is 7.88. The molecule has 1 atom stereocenters. The largest absolute Gasteiger partial charge is 0.494 e. The first-order chi connectivity index (χ1) is 10.2. The molecule has 0 saturated carbocycles. The van der Waals surface area contributed by atoms with E-state index in [9.17, 15) is 0 Å². The van der Waals surface area contributed by atoms with Crippen LogP contribution in [0.25, 0.3) is 10.9 Å². The van der Waals surface area contributed by atoms with Crippen LogP contribution in [0.1, 0.15) is 39.2 Å². The molecular weight excluding hydrogens is 278 g/mol. The lowest BCUT2D eigenvalue weighted by molar-refractivity contribution is 0.318. The normalized spacial score (nSPS) is 17.4. The van der Waals surface area contributed by atoms with Crippen molar-refractivity contribution in [3.63, 3.8) is 0 Å². The van der Waals surface area contributed by atoms with Crippen LogP contribution in [-0.4, -0.2) is 16.8 Å². The summed E-state index contributed by atoms with van der Waals surface area (Å²) in [4.78, 5) is 6.04. The van der Waals surface area contributed by atoms with Crippen LogP contribution in [0.15, 0.2) is 29.3 Å². The number of aromatic nitrogens is 1. The molecule has 112 valence electrons. The number of benzene rings is 1. The lowest BCUT2D eigenvalue weighted by Gasteiger charge is -2.11. The van der Waals surface area contributed by atoms with E-state index in [1.54, 1.807) is 0 Å². The van der Waals surface area contributed by atoms with E-state index in [0.29, 0.717) is 5.25 Å². The van der Waals surface area contributed by atoms with E-state index in [2.05, 4.69) is 44.1 Å². The molecule has 0 aliphatic carbocycles. The van der Waals surface area contributed by atoms with E-state index >= 15 is 0 Å². The molecule has 2 heterocycles. The zero-order chi connectivity index (χ0) is 14.8. The van der Waals surface area contributed by atoms with Crippen LogP contribution in [0.2, 0.25) is 0 Å². The Morgan fingerprint density at radius 1 is 1.38 bits per heavy atom. The summed E-state index contributed by atoms with van der Waals surface area (Å²) < 4.78 is 5.78. The van der Waals surface area contributed by atoms with E-state index in [0.717, 1.165) is 36.6 Å². The molecule has 0 amide bonds. The molecule has 2 aromatic rings. The highest BCUT2D eigenvalue weighted by atomic mass is 32.2. The highest BCUT2D eigenvalue weighted by molar-refractivity contribution is 8.00.